The minimum absolute atomic E-state index is 0.00388. The van der Waals surface area contributed by atoms with Gasteiger partial charge in [-0.05, 0) is 49.9 Å². The Kier molecular flexibility index (Phi) is 3.36. The second kappa shape index (κ2) is 5.41. The average Bonchev–Trinajstić information content (AvgIpc) is 3.29. The van der Waals surface area contributed by atoms with E-state index in [1.807, 2.05) is 0 Å². The highest BCUT2D eigenvalue weighted by Gasteiger charge is 2.24. The molecule has 0 amide bonds. The summed E-state index contributed by atoms with van der Waals surface area (Å²) in [5, 5.41) is 1.05. The third-order valence-corrected chi connectivity index (χ3v) is 4.09. The molecule has 1 fully saturated rings. The molecule has 3 aromatic rings. The average molecular weight is 318 g/mol. The third-order valence-electron chi connectivity index (χ3n) is 4.09. The maximum atomic E-state index is 14.6. The highest BCUT2D eigenvalue weighted by atomic mass is 19.1. The normalized spacial score (nSPS) is 14.6. The van der Waals surface area contributed by atoms with Crippen molar-refractivity contribution >= 4 is 21.9 Å². The first kappa shape index (κ1) is 14.3. The van der Waals surface area contributed by atoms with Gasteiger partial charge < -0.3 is 13.9 Å². The number of fused-ring (bicyclic) bond motifs is 3. The van der Waals surface area contributed by atoms with E-state index < -0.39 is 11.6 Å². The van der Waals surface area contributed by atoms with Crippen LogP contribution >= 0.6 is 0 Å². The van der Waals surface area contributed by atoms with Crippen molar-refractivity contribution in [2.24, 2.45) is 5.92 Å². The zero-order valence-electron chi connectivity index (χ0n) is 12.7. The standard InChI is InChI=1S/C18H16F2O3/c1-2-21-13-7-5-11-12-6-8-14(22-9-10-3-4-10)16(20)18(12)23-17(11)15(13)19/h5-8,10H,2-4,9H2,1H3. The van der Waals surface area contributed by atoms with Gasteiger partial charge in [-0.1, -0.05) is 0 Å². The fraction of sp³-hybridized carbons (Fsp3) is 0.333. The summed E-state index contributed by atoms with van der Waals surface area (Å²) in [6.07, 6.45) is 2.25. The third kappa shape index (κ3) is 2.40. The summed E-state index contributed by atoms with van der Waals surface area (Å²) in [6.45, 7) is 2.62. The number of benzene rings is 2. The van der Waals surface area contributed by atoms with Crippen LogP contribution in [0.2, 0.25) is 0 Å². The first-order valence-corrected chi connectivity index (χ1v) is 7.78. The zero-order chi connectivity index (χ0) is 16.0. The van der Waals surface area contributed by atoms with Crippen molar-refractivity contribution in [2.75, 3.05) is 13.2 Å². The molecular weight excluding hydrogens is 302 g/mol. The predicted octanol–water partition coefficient (Wildman–Crippen LogP) is 5.05. The molecule has 0 aliphatic heterocycles. The van der Waals surface area contributed by atoms with E-state index in [-0.39, 0.29) is 22.7 Å². The van der Waals surface area contributed by atoms with E-state index in [0.29, 0.717) is 29.9 Å². The van der Waals surface area contributed by atoms with Gasteiger partial charge in [0.05, 0.1) is 13.2 Å². The van der Waals surface area contributed by atoms with Crippen LogP contribution in [0.3, 0.4) is 0 Å². The van der Waals surface area contributed by atoms with Crippen LogP contribution < -0.4 is 9.47 Å². The summed E-state index contributed by atoms with van der Waals surface area (Å²) < 4.78 is 45.2. The number of rotatable bonds is 5. The van der Waals surface area contributed by atoms with E-state index in [9.17, 15) is 8.78 Å². The lowest BCUT2D eigenvalue weighted by Crippen LogP contribution is -2.00. The molecule has 120 valence electrons. The minimum atomic E-state index is -0.611. The molecule has 0 spiro atoms. The molecule has 23 heavy (non-hydrogen) atoms. The van der Waals surface area contributed by atoms with Crippen LogP contribution in [0.1, 0.15) is 19.8 Å². The van der Waals surface area contributed by atoms with Gasteiger partial charge in [0, 0.05) is 10.8 Å². The molecule has 0 saturated heterocycles. The Labute approximate surface area is 131 Å². The molecule has 0 bridgehead atoms. The first-order valence-electron chi connectivity index (χ1n) is 7.78. The van der Waals surface area contributed by atoms with E-state index in [2.05, 4.69) is 0 Å². The maximum Gasteiger partial charge on any atom is 0.208 e. The van der Waals surface area contributed by atoms with Gasteiger partial charge in [-0.25, -0.2) is 0 Å². The van der Waals surface area contributed by atoms with Gasteiger partial charge in [0.25, 0.3) is 0 Å². The lowest BCUT2D eigenvalue weighted by atomic mass is 10.1. The fourth-order valence-corrected chi connectivity index (χ4v) is 2.67. The van der Waals surface area contributed by atoms with Crippen LogP contribution in [-0.4, -0.2) is 13.2 Å². The second-order valence-electron chi connectivity index (χ2n) is 5.80. The second-order valence-corrected chi connectivity index (χ2v) is 5.80. The zero-order valence-corrected chi connectivity index (χ0v) is 12.7. The fourth-order valence-electron chi connectivity index (χ4n) is 2.67. The molecule has 4 rings (SSSR count). The largest absolute Gasteiger partial charge is 0.491 e. The van der Waals surface area contributed by atoms with Crippen molar-refractivity contribution in [2.45, 2.75) is 19.8 Å². The van der Waals surface area contributed by atoms with Crippen LogP contribution in [0.5, 0.6) is 11.5 Å². The maximum absolute atomic E-state index is 14.6. The molecule has 3 nitrogen and oxygen atoms in total. The number of hydrogen-bond acceptors (Lipinski definition) is 3. The molecule has 1 aliphatic rings. The number of halogens is 2. The van der Waals surface area contributed by atoms with Crippen molar-refractivity contribution in [3.63, 3.8) is 0 Å². The lowest BCUT2D eigenvalue weighted by molar-refractivity contribution is 0.285. The summed E-state index contributed by atoms with van der Waals surface area (Å²) in [5.41, 5.74) is 0.0186. The summed E-state index contributed by atoms with van der Waals surface area (Å²) in [4.78, 5) is 0. The highest BCUT2D eigenvalue weighted by molar-refractivity contribution is 6.06. The monoisotopic (exact) mass is 318 g/mol. The number of hydrogen-bond donors (Lipinski definition) is 0. The van der Waals surface area contributed by atoms with Gasteiger partial charge in [0.2, 0.25) is 11.6 Å². The van der Waals surface area contributed by atoms with E-state index >= 15 is 0 Å². The Balaban J connectivity index is 1.82. The molecule has 1 aromatic heterocycles. The summed E-state index contributed by atoms with van der Waals surface area (Å²) in [6, 6.07) is 6.49. The summed E-state index contributed by atoms with van der Waals surface area (Å²) >= 11 is 0. The Hall–Kier alpha value is -2.30. The molecule has 2 aromatic carbocycles. The van der Waals surface area contributed by atoms with Crippen molar-refractivity contribution in [1.82, 2.24) is 0 Å². The number of furan rings is 1. The van der Waals surface area contributed by atoms with E-state index in [4.69, 9.17) is 13.9 Å². The molecular formula is C18H16F2O3. The van der Waals surface area contributed by atoms with E-state index in [0.717, 1.165) is 12.8 Å². The van der Waals surface area contributed by atoms with Crippen molar-refractivity contribution in [3.8, 4) is 11.5 Å². The minimum Gasteiger partial charge on any atom is -0.491 e. The van der Waals surface area contributed by atoms with Gasteiger partial charge in [-0.2, -0.15) is 8.78 Å². The van der Waals surface area contributed by atoms with Crippen molar-refractivity contribution < 1.29 is 22.7 Å². The summed E-state index contributed by atoms with van der Waals surface area (Å²) in [5.74, 6) is -0.428. The predicted molar refractivity (Wildman–Crippen MR) is 83.0 cm³/mol. The van der Waals surface area contributed by atoms with Crippen LogP contribution in [0.15, 0.2) is 28.7 Å². The van der Waals surface area contributed by atoms with Crippen molar-refractivity contribution in [1.29, 1.82) is 0 Å². The van der Waals surface area contributed by atoms with Gasteiger partial charge >= 0.3 is 0 Å². The molecule has 0 unspecified atom stereocenters. The SMILES string of the molecule is CCOc1ccc2c(oc3c(F)c(OCC4CC4)ccc32)c1F. The van der Waals surface area contributed by atoms with E-state index in [1.165, 1.54) is 6.07 Å². The van der Waals surface area contributed by atoms with Gasteiger partial charge in [0.1, 0.15) is 0 Å². The molecule has 0 N–H and O–H groups in total. The molecule has 1 aliphatic carbocycles. The Morgan fingerprint density at radius 1 is 0.957 bits per heavy atom. The Morgan fingerprint density at radius 3 is 2.04 bits per heavy atom. The quantitative estimate of drug-likeness (QED) is 0.659. The number of ether oxygens (including phenoxy) is 2. The Bertz CT molecular complexity index is 881. The van der Waals surface area contributed by atoms with Gasteiger partial charge in [0.15, 0.2) is 22.7 Å². The highest BCUT2D eigenvalue weighted by Crippen LogP contribution is 2.38. The topological polar surface area (TPSA) is 31.6 Å². The smallest absolute Gasteiger partial charge is 0.208 e. The summed E-state index contributed by atoms with van der Waals surface area (Å²) in [7, 11) is 0. The van der Waals surface area contributed by atoms with Crippen LogP contribution in [0.25, 0.3) is 21.9 Å². The van der Waals surface area contributed by atoms with Crippen molar-refractivity contribution in [3.05, 3.63) is 35.9 Å². The Morgan fingerprint density at radius 2 is 1.52 bits per heavy atom. The first-order chi connectivity index (χ1) is 11.2. The molecule has 0 radical (unpaired) electrons. The molecule has 1 heterocycles. The molecule has 0 atom stereocenters. The van der Waals surface area contributed by atoms with Gasteiger partial charge in [-0.3, -0.25) is 0 Å². The molecule has 1 saturated carbocycles. The molecule has 5 heteroatoms. The van der Waals surface area contributed by atoms with Crippen LogP contribution in [-0.2, 0) is 0 Å². The van der Waals surface area contributed by atoms with Crippen LogP contribution in [0.4, 0.5) is 8.78 Å². The van der Waals surface area contributed by atoms with Gasteiger partial charge in [-0.15, -0.1) is 0 Å². The van der Waals surface area contributed by atoms with E-state index in [1.54, 1.807) is 25.1 Å². The lowest BCUT2D eigenvalue weighted by Gasteiger charge is -2.05. The van der Waals surface area contributed by atoms with Crippen LogP contribution in [0, 0.1) is 17.6 Å².